The van der Waals surface area contributed by atoms with Gasteiger partial charge in [-0.3, -0.25) is 9.80 Å². The summed E-state index contributed by atoms with van der Waals surface area (Å²) in [6, 6.07) is 12.3. The number of piperazine rings is 1. The van der Waals surface area contributed by atoms with Gasteiger partial charge in [0.05, 0.1) is 12.1 Å². The fourth-order valence-electron chi connectivity index (χ4n) is 5.93. The number of rotatable bonds is 5. The normalized spacial score (nSPS) is 24.1. The summed E-state index contributed by atoms with van der Waals surface area (Å²) >= 11 is 0. The Labute approximate surface area is 180 Å². The zero-order valence-electron chi connectivity index (χ0n) is 18.2. The third-order valence-corrected chi connectivity index (χ3v) is 7.60. The standard InChI is InChI=1S/C24H36N6/c1-4-10-20(11-5-1)23(24-25-26-27-30(24)22-14-8-3-9-15-22)29-18-16-28(17-19-29)21-12-6-2-7-13-21/h1,4-5,10-11,21-23H,2-3,6-9,12-19H2/t23-/m1/s1. The van der Waals surface area contributed by atoms with Gasteiger partial charge in [-0.2, -0.15) is 0 Å². The maximum Gasteiger partial charge on any atom is 0.173 e. The molecule has 5 rings (SSSR count). The van der Waals surface area contributed by atoms with E-state index in [1.54, 1.807) is 0 Å². The van der Waals surface area contributed by atoms with E-state index >= 15 is 0 Å². The molecule has 3 fully saturated rings. The number of benzene rings is 1. The molecule has 2 aliphatic carbocycles. The Morgan fingerprint density at radius 3 is 2.03 bits per heavy atom. The molecule has 1 aromatic carbocycles. The van der Waals surface area contributed by atoms with Crippen molar-refractivity contribution in [2.45, 2.75) is 82.3 Å². The predicted octanol–water partition coefficient (Wildman–Crippen LogP) is 4.22. The van der Waals surface area contributed by atoms with Gasteiger partial charge in [-0.25, -0.2) is 4.68 Å². The van der Waals surface area contributed by atoms with Crippen molar-refractivity contribution in [3.63, 3.8) is 0 Å². The second kappa shape index (κ2) is 9.56. The lowest BCUT2D eigenvalue weighted by Gasteiger charge is -2.43. The second-order valence-electron chi connectivity index (χ2n) is 9.45. The number of tetrazole rings is 1. The van der Waals surface area contributed by atoms with E-state index < -0.39 is 0 Å². The molecule has 0 unspecified atom stereocenters. The molecule has 0 bridgehead atoms. The molecule has 2 saturated carbocycles. The molecule has 2 heterocycles. The van der Waals surface area contributed by atoms with Crippen LogP contribution >= 0.6 is 0 Å². The first-order valence-corrected chi connectivity index (χ1v) is 12.2. The summed E-state index contributed by atoms with van der Waals surface area (Å²) in [4.78, 5) is 5.38. The summed E-state index contributed by atoms with van der Waals surface area (Å²) in [6.45, 7) is 4.51. The lowest BCUT2D eigenvalue weighted by atomic mass is 9.93. The Bertz CT molecular complexity index is 770. The van der Waals surface area contributed by atoms with Gasteiger partial charge in [0.1, 0.15) is 0 Å². The predicted molar refractivity (Wildman–Crippen MR) is 118 cm³/mol. The smallest absolute Gasteiger partial charge is 0.173 e. The van der Waals surface area contributed by atoms with Gasteiger partial charge in [0.15, 0.2) is 5.82 Å². The van der Waals surface area contributed by atoms with Crippen LogP contribution < -0.4 is 0 Å². The molecule has 0 radical (unpaired) electrons. The van der Waals surface area contributed by atoms with E-state index in [1.807, 2.05) is 0 Å². The molecule has 1 aliphatic heterocycles. The van der Waals surface area contributed by atoms with Crippen LogP contribution in [0.2, 0.25) is 0 Å². The molecule has 162 valence electrons. The molecular formula is C24H36N6. The van der Waals surface area contributed by atoms with Crippen LogP contribution in [0.1, 0.15) is 87.7 Å². The minimum absolute atomic E-state index is 0.150. The molecule has 0 spiro atoms. The van der Waals surface area contributed by atoms with Crippen molar-refractivity contribution in [3.05, 3.63) is 41.7 Å². The van der Waals surface area contributed by atoms with Gasteiger partial charge < -0.3 is 0 Å². The number of aromatic nitrogens is 4. The van der Waals surface area contributed by atoms with Crippen molar-refractivity contribution < 1.29 is 0 Å². The first-order valence-electron chi connectivity index (χ1n) is 12.2. The fraction of sp³-hybridized carbons (Fsp3) is 0.708. The van der Waals surface area contributed by atoms with Crippen molar-refractivity contribution in [1.82, 2.24) is 30.0 Å². The fourth-order valence-corrected chi connectivity index (χ4v) is 5.93. The van der Waals surface area contributed by atoms with Crippen LogP contribution in [0.5, 0.6) is 0 Å². The maximum absolute atomic E-state index is 4.60. The highest BCUT2D eigenvalue weighted by Gasteiger charge is 2.34. The molecule has 2 aromatic rings. The van der Waals surface area contributed by atoms with Crippen LogP contribution in [0, 0.1) is 0 Å². The van der Waals surface area contributed by atoms with E-state index in [0.29, 0.717) is 6.04 Å². The Balaban J connectivity index is 1.37. The van der Waals surface area contributed by atoms with Gasteiger partial charge >= 0.3 is 0 Å². The van der Waals surface area contributed by atoms with E-state index in [-0.39, 0.29) is 6.04 Å². The van der Waals surface area contributed by atoms with Gasteiger partial charge in [0.2, 0.25) is 0 Å². The summed E-state index contributed by atoms with van der Waals surface area (Å²) in [5.74, 6) is 1.04. The molecule has 1 aromatic heterocycles. The quantitative estimate of drug-likeness (QED) is 0.741. The largest absolute Gasteiger partial charge is 0.298 e. The molecule has 6 nitrogen and oxygen atoms in total. The zero-order chi connectivity index (χ0) is 20.2. The van der Waals surface area contributed by atoms with E-state index in [0.717, 1.165) is 25.0 Å². The second-order valence-corrected chi connectivity index (χ2v) is 9.45. The molecule has 0 amide bonds. The minimum Gasteiger partial charge on any atom is -0.298 e. The van der Waals surface area contributed by atoms with Gasteiger partial charge in [-0.15, -0.1) is 5.10 Å². The molecular weight excluding hydrogens is 372 g/mol. The highest BCUT2D eigenvalue weighted by molar-refractivity contribution is 5.25. The number of hydrogen-bond donors (Lipinski definition) is 0. The van der Waals surface area contributed by atoms with Crippen molar-refractivity contribution in [1.29, 1.82) is 0 Å². The molecule has 30 heavy (non-hydrogen) atoms. The van der Waals surface area contributed by atoms with Crippen LogP contribution in [0.4, 0.5) is 0 Å². The average molecular weight is 409 g/mol. The van der Waals surface area contributed by atoms with Crippen molar-refractivity contribution >= 4 is 0 Å². The van der Waals surface area contributed by atoms with Crippen LogP contribution in [0.3, 0.4) is 0 Å². The van der Waals surface area contributed by atoms with Gasteiger partial charge in [-0.05, 0) is 41.7 Å². The van der Waals surface area contributed by atoms with Crippen LogP contribution in [0.15, 0.2) is 30.3 Å². The SMILES string of the molecule is c1ccc([C@H](c2nnnn2C2CCCCC2)N2CCN(C3CCCCC3)CC2)cc1. The maximum atomic E-state index is 4.60. The lowest BCUT2D eigenvalue weighted by Crippen LogP contribution is -2.52. The summed E-state index contributed by atoms with van der Waals surface area (Å²) in [5, 5.41) is 13.2. The highest BCUT2D eigenvalue weighted by atomic mass is 15.6. The van der Waals surface area contributed by atoms with Gasteiger partial charge in [0.25, 0.3) is 0 Å². The molecule has 1 atom stereocenters. The van der Waals surface area contributed by atoms with Gasteiger partial charge in [-0.1, -0.05) is 68.9 Å². The van der Waals surface area contributed by atoms with Crippen molar-refractivity contribution in [3.8, 4) is 0 Å². The minimum atomic E-state index is 0.150. The summed E-state index contributed by atoms with van der Waals surface area (Å²) in [5.41, 5.74) is 1.32. The van der Waals surface area contributed by atoms with Crippen LogP contribution in [-0.2, 0) is 0 Å². The topological polar surface area (TPSA) is 50.1 Å². The third kappa shape index (κ3) is 4.30. The monoisotopic (exact) mass is 408 g/mol. The van der Waals surface area contributed by atoms with Crippen molar-refractivity contribution in [2.75, 3.05) is 26.2 Å². The summed E-state index contributed by atoms with van der Waals surface area (Å²) < 4.78 is 2.17. The van der Waals surface area contributed by atoms with Crippen LogP contribution in [-0.4, -0.2) is 62.2 Å². The zero-order valence-corrected chi connectivity index (χ0v) is 18.2. The molecule has 0 N–H and O–H groups in total. The number of hydrogen-bond acceptors (Lipinski definition) is 5. The molecule has 1 saturated heterocycles. The van der Waals surface area contributed by atoms with Gasteiger partial charge in [0, 0.05) is 32.2 Å². The summed E-state index contributed by atoms with van der Waals surface area (Å²) in [7, 11) is 0. The first-order chi connectivity index (χ1) is 14.9. The first kappa shape index (κ1) is 20.1. The highest BCUT2D eigenvalue weighted by Crippen LogP contribution is 2.34. The van der Waals surface area contributed by atoms with E-state index in [9.17, 15) is 0 Å². The average Bonchev–Trinajstić information content (AvgIpc) is 3.31. The van der Waals surface area contributed by atoms with Crippen molar-refractivity contribution in [2.24, 2.45) is 0 Å². The van der Waals surface area contributed by atoms with E-state index in [1.165, 1.54) is 82.9 Å². The number of nitrogens with zero attached hydrogens (tertiary/aromatic N) is 6. The Kier molecular flexibility index (Phi) is 6.42. The Hall–Kier alpha value is -1.79. The van der Waals surface area contributed by atoms with E-state index in [4.69, 9.17) is 0 Å². The van der Waals surface area contributed by atoms with E-state index in [2.05, 4.69) is 60.3 Å². The Morgan fingerprint density at radius 2 is 1.37 bits per heavy atom. The third-order valence-electron chi connectivity index (χ3n) is 7.60. The Morgan fingerprint density at radius 1 is 0.733 bits per heavy atom. The van der Waals surface area contributed by atoms with Crippen LogP contribution in [0.25, 0.3) is 0 Å². The molecule has 6 heteroatoms. The lowest BCUT2D eigenvalue weighted by molar-refractivity contribution is 0.0612. The summed E-state index contributed by atoms with van der Waals surface area (Å²) in [6.07, 6.45) is 13.4. The molecule has 3 aliphatic rings.